The number of fused-ring (bicyclic) bond motifs is 1. The zero-order valence-electron chi connectivity index (χ0n) is 10.8. The molecule has 0 aromatic heterocycles. The Morgan fingerprint density at radius 3 is 2.85 bits per heavy atom. The van der Waals surface area contributed by atoms with Gasteiger partial charge in [0, 0.05) is 10.7 Å². The molecule has 2 aromatic rings. The Morgan fingerprint density at radius 1 is 1.15 bits per heavy atom. The van der Waals surface area contributed by atoms with Crippen LogP contribution in [0, 0.1) is 0 Å². The van der Waals surface area contributed by atoms with Crippen LogP contribution >= 0.6 is 11.6 Å². The number of carbonyl (C=O) groups excluding carboxylic acids is 1. The fourth-order valence-corrected chi connectivity index (χ4v) is 2.49. The van der Waals surface area contributed by atoms with Crippen LogP contribution in [-0.2, 0) is 11.2 Å². The third-order valence-electron chi connectivity index (χ3n) is 3.32. The first kappa shape index (κ1) is 13.0. The molecule has 0 fully saturated rings. The van der Waals surface area contributed by atoms with Crippen LogP contribution in [-0.4, -0.2) is 12.0 Å². The summed E-state index contributed by atoms with van der Waals surface area (Å²) in [7, 11) is 0. The van der Waals surface area contributed by atoms with Crippen LogP contribution in [0.15, 0.2) is 48.5 Å². The van der Waals surface area contributed by atoms with Gasteiger partial charge in [0.25, 0.3) is 5.91 Å². The third-order valence-corrected chi connectivity index (χ3v) is 3.55. The number of hydrogen-bond donors (Lipinski definition) is 1. The van der Waals surface area contributed by atoms with E-state index in [4.69, 9.17) is 16.3 Å². The van der Waals surface area contributed by atoms with Crippen LogP contribution in [0.25, 0.3) is 0 Å². The van der Waals surface area contributed by atoms with E-state index in [0.29, 0.717) is 17.2 Å². The molecule has 0 spiro atoms. The molecule has 2 aromatic carbocycles. The van der Waals surface area contributed by atoms with Crippen LogP contribution in [0.5, 0.6) is 5.75 Å². The lowest BCUT2D eigenvalue weighted by Gasteiger charge is -2.15. The van der Waals surface area contributed by atoms with Crippen molar-refractivity contribution >= 4 is 23.2 Å². The highest BCUT2D eigenvalue weighted by atomic mass is 35.5. The number of para-hydroxylation sites is 1. The van der Waals surface area contributed by atoms with E-state index >= 15 is 0 Å². The number of aryl methyl sites for hydroxylation is 1. The van der Waals surface area contributed by atoms with Crippen molar-refractivity contribution < 1.29 is 9.53 Å². The van der Waals surface area contributed by atoms with Crippen molar-refractivity contribution in [2.24, 2.45) is 0 Å². The molecule has 1 aliphatic rings. The largest absolute Gasteiger partial charge is 0.481 e. The van der Waals surface area contributed by atoms with E-state index < -0.39 is 6.10 Å². The Balaban J connectivity index is 1.78. The van der Waals surface area contributed by atoms with Gasteiger partial charge < -0.3 is 10.1 Å². The Morgan fingerprint density at radius 2 is 2.00 bits per heavy atom. The van der Waals surface area contributed by atoms with Crippen LogP contribution in [0.4, 0.5) is 5.69 Å². The lowest BCUT2D eigenvalue weighted by molar-refractivity contribution is -0.122. The van der Waals surface area contributed by atoms with Crippen LogP contribution < -0.4 is 10.1 Å². The topological polar surface area (TPSA) is 38.3 Å². The summed E-state index contributed by atoms with van der Waals surface area (Å²) < 4.78 is 5.76. The van der Waals surface area contributed by atoms with Gasteiger partial charge >= 0.3 is 0 Å². The van der Waals surface area contributed by atoms with Gasteiger partial charge in [-0.2, -0.15) is 0 Å². The molecular formula is C16H14ClNO2. The summed E-state index contributed by atoms with van der Waals surface area (Å²) >= 11 is 5.92. The molecule has 1 heterocycles. The predicted octanol–water partition coefficient (Wildman–Crippen LogP) is 3.67. The second-order valence-electron chi connectivity index (χ2n) is 4.75. The van der Waals surface area contributed by atoms with Gasteiger partial charge in [0.15, 0.2) is 6.10 Å². The number of nitrogens with one attached hydrogen (secondary N) is 1. The Labute approximate surface area is 122 Å². The summed E-state index contributed by atoms with van der Waals surface area (Å²) in [5, 5.41) is 3.51. The maximum Gasteiger partial charge on any atom is 0.265 e. The first-order chi connectivity index (χ1) is 9.72. The minimum atomic E-state index is -0.499. The SMILES string of the molecule is O=C1Nc2ccccc2CCC1Oc1cccc(Cl)c1. The van der Waals surface area contributed by atoms with E-state index in [1.807, 2.05) is 24.3 Å². The molecule has 0 saturated carbocycles. The van der Waals surface area contributed by atoms with Gasteiger partial charge in [-0.1, -0.05) is 35.9 Å². The highest BCUT2D eigenvalue weighted by Gasteiger charge is 2.25. The van der Waals surface area contributed by atoms with Crippen molar-refractivity contribution in [3.63, 3.8) is 0 Å². The molecule has 3 rings (SSSR count). The first-order valence-corrected chi connectivity index (χ1v) is 6.91. The summed E-state index contributed by atoms with van der Waals surface area (Å²) in [5.74, 6) is 0.499. The van der Waals surface area contributed by atoms with Crippen molar-refractivity contribution in [1.29, 1.82) is 0 Å². The highest BCUT2D eigenvalue weighted by Crippen LogP contribution is 2.25. The Bertz CT molecular complexity index is 642. The summed E-state index contributed by atoms with van der Waals surface area (Å²) in [6.45, 7) is 0. The number of hydrogen-bond acceptors (Lipinski definition) is 2. The monoisotopic (exact) mass is 287 g/mol. The second-order valence-corrected chi connectivity index (χ2v) is 5.19. The number of ether oxygens (including phenoxy) is 1. The maximum atomic E-state index is 12.2. The highest BCUT2D eigenvalue weighted by molar-refractivity contribution is 6.30. The molecule has 1 unspecified atom stereocenters. The van der Waals surface area contributed by atoms with E-state index in [9.17, 15) is 4.79 Å². The summed E-state index contributed by atoms with van der Waals surface area (Å²) in [6, 6.07) is 14.9. The zero-order chi connectivity index (χ0) is 13.9. The third kappa shape index (κ3) is 2.78. The van der Waals surface area contributed by atoms with E-state index in [0.717, 1.165) is 17.7 Å². The summed E-state index contributed by atoms with van der Waals surface area (Å²) in [5.41, 5.74) is 2.01. The van der Waals surface area contributed by atoms with Crippen molar-refractivity contribution in [3.8, 4) is 5.75 Å². The molecule has 102 valence electrons. The van der Waals surface area contributed by atoms with Crippen LogP contribution in [0.3, 0.4) is 0 Å². The molecule has 0 saturated heterocycles. The molecule has 1 amide bonds. The molecule has 1 atom stereocenters. The van der Waals surface area contributed by atoms with Gasteiger partial charge in [-0.15, -0.1) is 0 Å². The van der Waals surface area contributed by atoms with Gasteiger partial charge in [-0.05, 0) is 42.7 Å². The molecular weight excluding hydrogens is 274 g/mol. The molecule has 3 nitrogen and oxygen atoms in total. The van der Waals surface area contributed by atoms with E-state index in [1.54, 1.807) is 24.3 Å². The van der Waals surface area contributed by atoms with E-state index in [-0.39, 0.29) is 5.91 Å². The van der Waals surface area contributed by atoms with E-state index in [2.05, 4.69) is 5.32 Å². The van der Waals surface area contributed by atoms with Crippen LogP contribution in [0.2, 0.25) is 5.02 Å². The lowest BCUT2D eigenvalue weighted by Crippen LogP contribution is -2.31. The fourth-order valence-electron chi connectivity index (χ4n) is 2.31. The van der Waals surface area contributed by atoms with Gasteiger partial charge in [-0.25, -0.2) is 0 Å². The minimum absolute atomic E-state index is 0.116. The number of amides is 1. The van der Waals surface area contributed by atoms with Crippen molar-refractivity contribution in [2.45, 2.75) is 18.9 Å². The molecule has 0 bridgehead atoms. The number of anilines is 1. The second kappa shape index (κ2) is 5.55. The zero-order valence-corrected chi connectivity index (χ0v) is 11.6. The lowest BCUT2D eigenvalue weighted by atomic mass is 10.1. The van der Waals surface area contributed by atoms with Gasteiger partial charge in [-0.3, -0.25) is 4.79 Å². The van der Waals surface area contributed by atoms with Crippen molar-refractivity contribution in [1.82, 2.24) is 0 Å². The minimum Gasteiger partial charge on any atom is -0.481 e. The van der Waals surface area contributed by atoms with E-state index in [1.165, 1.54) is 0 Å². The number of halogens is 1. The molecule has 1 aliphatic heterocycles. The first-order valence-electron chi connectivity index (χ1n) is 6.53. The standard InChI is InChI=1S/C16H14ClNO2/c17-12-5-3-6-13(10-12)20-15-9-8-11-4-1-2-7-14(11)18-16(15)19/h1-7,10,15H,8-9H2,(H,18,19). The Kier molecular flexibility index (Phi) is 3.61. The molecule has 1 N–H and O–H groups in total. The van der Waals surface area contributed by atoms with Gasteiger partial charge in [0.05, 0.1) is 0 Å². The van der Waals surface area contributed by atoms with Gasteiger partial charge in [0.2, 0.25) is 0 Å². The summed E-state index contributed by atoms with van der Waals surface area (Å²) in [6.07, 6.45) is 0.955. The van der Waals surface area contributed by atoms with Crippen molar-refractivity contribution in [2.75, 3.05) is 5.32 Å². The fraction of sp³-hybridized carbons (Fsp3) is 0.188. The number of rotatable bonds is 2. The predicted molar refractivity (Wildman–Crippen MR) is 79.3 cm³/mol. The maximum absolute atomic E-state index is 12.2. The molecule has 0 aliphatic carbocycles. The number of carbonyl (C=O) groups is 1. The molecule has 0 radical (unpaired) electrons. The Hall–Kier alpha value is -2.00. The average Bonchev–Trinajstić information content (AvgIpc) is 2.59. The smallest absolute Gasteiger partial charge is 0.265 e. The van der Waals surface area contributed by atoms with Crippen LogP contribution in [0.1, 0.15) is 12.0 Å². The van der Waals surface area contributed by atoms with Crippen molar-refractivity contribution in [3.05, 3.63) is 59.1 Å². The van der Waals surface area contributed by atoms with Gasteiger partial charge in [0.1, 0.15) is 5.75 Å². The normalized spacial score (nSPS) is 17.9. The quantitative estimate of drug-likeness (QED) is 0.915. The summed E-state index contributed by atoms with van der Waals surface area (Å²) in [4.78, 5) is 12.2. The average molecular weight is 288 g/mol. The number of benzene rings is 2. The molecule has 4 heteroatoms. The molecule has 20 heavy (non-hydrogen) atoms.